The molecule has 0 spiro atoms. The lowest BCUT2D eigenvalue weighted by Crippen LogP contribution is -2.54. The van der Waals surface area contributed by atoms with Crippen molar-refractivity contribution < 1.29 is 66.6 Å². The van der Waals surface area contributed by atoms with Crippen LogP contribution in [0, 0.1) is 0 Å². The minimum atomic E-state index is -1.06. The molecule has 0 bridgehead atoms. The average molecular weight is 935 g/mol. The summed E-state index contributed by atoms with van der Waals surface area (Å²) < 4.78 is 50.5. The van der Waals surface area contributed by atoms with Crippen LogP contribution in [0.5, 0.6) is 23.0 Å². The minimum Gasteiger partial charge on any atom is -0.497 e. The van der Waals surface area contributed by atoms with Crippen LogP contribution in [0.15, 0.2) is 66.0 Å². The molecule has 5 amide bonds. The third-order valence-electron chi connectivity index (χ3n) is 10.6. The molecule has 20 nitrogen and oxygen atoms in total. The molecule has 3 aromatic rings. The number of nitrogens with two attached hydrogens (primary N) is 2. The number of allylic oxidation sites excluding steroid dienone is 1. The predicted molar refractivity (Wildman–Crippen MR) is 245 cm³/mol. The predicted octanol–water partition coefficient (Wildman–Crippen LogP) is 3.45. The molecule has 67 heavy (non-hydrogen) atoms. The maximum atomic E-state index is 13.5. The summed E-state index contributed by atoms with van der Waals surface area (Å²) in [6, 6.07) is 14.3. The summed E-state index contributed by atoms with van der Waals surface area (Å²) in [6.45, 7) is 11.4. The first kappa shape index (κ1) is 51.7. The van der Waals surface area contributed by atoms with Crippen LogP contribution in [0.4, 0.5) is 11.4 Å². The lowest BCUT2D eigenvalue weighted by atomic mass is 9.87. The average Bonchev–Trinajstić information content (AvgIpc) is 3.57. The van der Waals surface area contributed by atoms with Gasteiger partial charge in [-0.25, -0.2) is 5.84 Å². The van der Waals surface area contributed by atoms with E-state index >= 15 is 0 Å². The molecule has 0 saturated carbocycles. The van der Waals surface area contributed by atoms with Gasteiger partial charge in [-0.05, 0) is 60.7 Å². The standard InChI is InChI=1S/C47H62N6O14/c1-30(53(49)36-29-32(59-5)11-14-38(36)60-6)42(48)44(56)50-34-28-31(47(2,3)4)10-13-37(34)66-26-24-64-22-20-62-18-16-61-17-19-63-21-23-65-25-27-67-39-9-7-8-33-41(39)46(58)52(45(33)57)35-12-15-40(54)51-43(35)55/h7-11,13-14,28-29,35H,12,15-27,48-49H2,1-6H3,(H,50,56)(H,51,54,55)/b42-30-. The molecule has 2 heterocycles. The van der Waals surface area contributed by atoms with Gasteiger partial charge in [0.15, 0.2) is 0 Å². The number of hydrogen-bond donors (Lipinski definition) is 4. The van der Waals surface area contributed by atoms with Gasteiger partial charge in [-0.15, -0.1) is 0 Å². The van der Waals surface area contributed by atoms with Crippen molar-refractivity contribution in [3.63, 3.8) is 0 Å². The molecule has 0 aliphatic carbocycles. The number of imide groups is 2. The van der Waals surface area contributed by atoms with Gasteiger partial charge in [0, 0.05) is 12.5 Å². The first-order valence-corrected chi connectivity index (χ1v) is 21.8. The van der Waals surface area contributed by atoms with Crippen LogP contribution in [0.1, 0.15) is 66.8 Å². The molecule has 1 unspecified atom stereocenters. The number of carbonyl (C=O) groups excluding carboxylic acids is 5. The molecule has 1 fully saturated rings. The number of piperidine rings is 1. The monoisotopic (exact) mass is 934 g/mol. The second-order valence-electron chi connectivity index (χ2n) is 16.2. The highest BCUT2D eigenvalue weighted by Crippen LogP contribution is 2.36. The lowest BCUT2D eigenvalue weighted by Gasteiger charge is -2.27. The van der Waals surface area contributed by atoms with Crippen molar-refractivity contribution in [1.29, 1.82) is 0 Å². The summed E-state index contributed by atoms with van der Waals surface area (Å²) in [5, 5.41) is 6.34. The highest BCUT2D eigenvalue weighted by atomic mass is 16.6. The molecule has 0 radical (unpaired) electrons. The van der Waals surface area contributed by atoms with E-state index in [0.29, 0.717) is 81.5 Å². The van der Waals surface area contributed by atoms with Gasteiger partial charge < -0.3 is 53.7 Å². The van der Waals surface area contributed by atoms with Gasteiger partial charge in [-0.2, -0.15) is 0 Å². The van der Waals surface area contributed by atoms with Gasteiger partial charge in [-0.1, -0.05) is 32.9 Å². The summed E-state index contributed by atoms with van der Waals surface area (Å²) in [6.07, 6.45) is 0.106. The van der Waals surface area contributed by atoms with Gasteiger partial charge in [0.1, 0.15) is 53.6 Å². The SMILES string of the molecule is COc1ccc(OC)c(N(N)/C(C)=C(\N)C(=O)Nc2cc(C(C)(C)C)ccc2OCCOCCOCCOCCOCCOCCOc2cccc3c2C(=O)N(C2CCC(=O)NC2=O)C3=O)c1. The van der Waals surface area contributed by atoms with E-state index in [1.165, 1.54) is 25.3 Å². The molecule has 3 aromatic carbocycles. The van der Waals surface area contributed by atoms with E-state index in [0.717, 1.165) is 10.5 Å². The quantitative estimate of drug-likeness (QED) is 0.0281. The van der Waals surface area contributed by atoms with Crippen molar-refractivity contribution in [3.8, 4) is 23.0 Å². The van der Waals surface area contributed by atoms with E-state index in [-0.39, 0.29) is 73.0 Å². The summed E-state index contributed by atoms with van der Waals surface area (Å²) in [5.74, 6) is 5.15. The minimum absolute atomic E-state index is 0.0370. The van der Waals surface area contributed by atoms with Crippen LogP contribution in [-0.4, -0.2) is 134 Å². The molecule has 364 valence electrons. The van der Waals surface area contributed by atoms with Crippen LogP contribution in [0.3, 0.4) is 0 Å². The summed E-state index contributed by atoms with van der Waals surface area (Å²) in [7, 11) is 3.05. The zero-order chi connectivity index (χ0) is 48.5. The van der Waals surface area contributed by atoms with Crippen molar-refractivity contribution in [3.05, 3.63) is 82.7 Å². The Morgan fingerprint density at radius 3 is 1.87 bits per heavy atom. The smallest absolute Gasteiger partial charge is 0.273 e. The summed E-state index contributed by atoms with van der Waals surface area (Å²) >= 11 is 0. The number of anilines is 2. The maximum Gasteiger partial charge on any atom is 0.273 e. The molecule has 1 atom stereocenters. The van der Waals surface area contributed by atoms with Crippen LogP contribution >= 0.6 is 0 Å². The van der Waals surface area contributed by atoms with Gasteiger partial charge in [0.2, 0.25) is 11.8 Å². The number of benzene rings is 3. The number of nitrogens with one attached hydrogen (secondary N) is 2. The number of methoxy groups -OCH3 is 2. The second kappa shape index (κ2) is 25.0. The maximum absolute atomic E-state index is 13.5. The molecule has 20 heteroatoms. The van der Waals surface area contributed by atoms with E-state index in [2.05, 4.69) is 31.4 Å². The van der Waals surface area contributed by atoms with Crippen molar-refractivity contribution >= 4 is 40.9 Å². The Bertz CT molecular complexity index is 2250. The Balaban J connectivity index is 0.909. The number of amides is 5. The lowest BCUT2D eigenvalue weighted by molar-refractivity contribution is -0.136. The first-order chi connectivity index (χ1) is 32.2. The highest BCUT2D eigenvalue weighted by Gasteiger charge is 2.46. The second-order valence-corrected chi connectivity index (χ2v) is 16.2. The first-order valence-electron chi connectivity index (χ1n) is 21.8. The number of nitrogens with zero attached hydrogens (tertiary/aromatic N) is 2. The molecule has 0 aromatic heterocycles. The number of hydrazine groups is 1. The van der Waals surface area contributed by atoms with Crippen molar-refractivity contribution in [1.82, 2.24) is 10.2 Å². The Kier molecular flexibility index (Phi) is 19.3. The van der Waals surface area contributed by atoms with E-state index in [4.69, 9.17) is 54.2 Å². The van der Waals surface area contributed by atoms with E-state index < -0.39 is 35.6 Å². The molecule has 6 N–H and O–H groups in total. The highest BCUT2D eigenvalue weighted by molar-refractivity contribution is 6.24. The number of carbonyl (C=O) groups is 5. The zero-order valence-corrected chi connectivity index (χ0v) is 38.9. The van der Waals surface area contributed by atoms with Gasteiger partial charge in [-0.3, -0.25) is 39.2 Å². The number of ether oxygens (including phenoxy) is 9. The van der Waals surface area contributed by atoms with Crippen molar-refractivity contribution in [2.24, 2.45) is 11.6 Å². The number of fused-ring (bicyclic) bond motifs is 1. The Morgan fingerprint density at radius 1 is 0.746 bits per heavy atom. The fourth-order valence-corrected chi connectivity index (χ4v) is 6.88. The number of hydrogen-bond acceptors (Lipinski definition) is 17. The van der Waals surface area contributed by atoms with Gasteiger partial charge in [0.25, 0.3) is 17.7 Å². The normalized spacial score (nSPS) is 15.2. The Morgan fingerprint density at radius 2 is 1.31 bits per heavy atom. The summed E-state index contributed by atoms with van der Waals surface area (Å²) in [5.41, 5.74) is 8.41. The molecule has 1 saturated heterocycles. The third kappa shape index (κ3) is 14.1. The molecular weight excluding hydrogens is 873 g/mol. The van der Waals surface area contributed by atoms with Crippen LogP contribution in [0.25, 0.3) is 0 Å². The third-order valence-corrected chi connectivity index (χ3v) is 10.6. The van der Waals surface area contributed by atoms with Gasteiger partial charge >= 0.3 is 0 Å². The Labute approximate surface area is 390 Å². The number of rotatable bonds is 27. The molecule has 5 rings (SSSR count). The fourth-order valence-electron chi connectivity index (χ4n) is 6.88. The van der Waals surface area contributed by atoms with Crippen LogP contribution in [0.2, 0.25) is 0 Å². The molecule has 2 aliphatic heterocycles. The fraction of sp³-hybridized carbons (Fsp3) is 0.468. The van der Waals surface area contributed by atoms with Crippen molar-refractivity contribution in [2.45, 2.75) is 52.0 Å². The zero-order valence-electron chi connectivity index (χ0n) is 38.9. The van der Waals surface area contributed by atoms with Crippen LogP contribution < -0.4 is 46.2 Å². The molecule has 2 aliphatic rings. The van der Waals surface area contributed by atoms with Crippen molar-refractivity contribution in [2.75, 3.05) is 104 Å². The van der Waals surface area contributed by atoms with Gasteiger partial charge in [0.05, 0.1) is 103 Å². The van der Waals surface area contributed by atoms with Crippen LogP contribution in [-0.2, 0) is 43.5 Å². The van der Waals surface area contributed by atoms with E-state index in [1.54, 1.807) is 43.3 Å². The Hall–Kier alpha value is -6.29. The molecular formula is C47H62N6O14. The van der Waals surface area contributed by atoms with E-state index in [1.807, 2.05) is 12.1 Å². The summed E-state index contributed by atoms with van der Waals surface area (Å²) in [4.78, 5) is 64.4. The largest absolute Gasteiger partial charge is 0.497 e. The topological polar surface area (TPSA) is 251 Å². The van der Waals surface area contributed by atoms with E-state index in [9.17, 15) is 24.0 Å².